The molecule has 0 radical (unpaired) electrons. The van der Waals surface area contributed by atoms with Gasteiger partial charge in [0, 0.05) is 23.7 Å². The van der Waals surface area contributed by atoms with E-state index in [1.807, 2.05) is 87.5 Å². The van der Waals surface area contributed by atoms with Crippen molar-refractivity contribution in [1.82, 2.24) is 0 Å². The van der Waals surface area contributed by atoms with Crippen molar-refractivity contribution in [1.29, 1.82) is 0 Å². The van der Waals surface area contributed by atoms with Crippen molar-refractivity contribution in [3.8, 4) is 0 Å². The molecule has 4 nitrogen and oxygen atoms in total. The zero-order valence-corrected chi connectivity index (χ0v) is 17.4. The highest BCUT2D eigenvalue weighted by atomic mass is 16.5. The molecule has 0 spiro atoms. The van der Waals surface area contributed by atoms with Gasteiger partial charge in [0.25, 0.3) is 0 Å². The Morgan fingerprint density at radius 1 is 1.07 bits per heavy atom. The van der Waals surface area contributed by atoms with Crippen LogP contribution in [0, 0.1) is 5.41 Å². The number of Topliss-reactive ketones (excluding diaryl/α,β-unsaturated/α-hetero) is 1. The van der Waals surface area contributed by atoms with Crippen molar-refractivity contribution in [3.05, 3.63) is 78.5 Å². The van der Waals surface area contributed by atoms with Gasteiger partial charge in [0.1, 0.15) is 5.78 Å². The van der Waals surface area contributed by atoms with Crippen LogP contribution in [0.2, 0.25) is 0 Å². The maximum atomic E-state index is 13.0. The highest BCUT2D eigenvalue weighted by Gasteiger charge is 2.41. The number of anilines is 1. The highest BCUT2D eigenvalue weighted by molar-refractivity contribution is 5.98. The summed E-state index contributed by atoms with van der Waals surface area (Å²) in [5.41, 5.74) is 0.538. The third kappa shape index (κ3) is 4.65. The lowest BCUT2D eigenvalue weighted by atomic mass is 9.72. The Morgan fingerprint density at radius 2 is 1.69 bits per heavy atom. The van der Waals surface area contributed by atoms with Crippen molar-refractivity contribution in [2.75, 3.05) is 18.1 Å². The molecule has 1 atom stereocenters. The molecule has 1 amide bonds. The number of hydrogen-bond acceptors (Lipinski definition) is 3. The topological polar surface area (TPSA) is 46.6 Å². The van der Waals surface area contributed by atoms with Gasteiger partial charge in [0.2, 0.25) is 5.91 Å². The van der Waals surface area contributed by atoms with Crippen LogP contribution in [0.4, 0.5) is 5.69 Å². The van der Waals surface area contributed by atoms with Gasteiger partial charge >= 0.3 is 0 Å². The standard InChI is InChI=1S/C25H29NO3/c1-24(2,3)23(28)26(21-13-8-5-9-14-21)17-10-16-25(19-29-18-15-22(25)27)20-11-6-4-7-12-20/h4-14,17H,15-16,18-19H2,1-3H3/b17-10+/t25-/m1/s1. The minimum absolute atomic E-state index is 0.0000631. The Morgan fingerprint density at radius 3 is 2.28 bits per heavy atom. The van der Waals surface area contributed by atoms with Gasteiger partial charge in [-0.2, -0.15) is 0 Å². The number of hydrogen-bond donors (Lipinski definition) is 0. The Hall–Kier alpha value is -2.72. The van der Waals surface area contributed by atoms with Crippen molar-refractivity contribution >= 4 is 17.4 Å². The Kier molecular flexibility index (Phi) is 6.33. The van der Waals surface area contributed by atoms with Gasteiger partial charge in [-0.3, -0.25) is 14.5 Å². The van der Waals surface area contributed by atoms with Crippen molar-refractivity contribution in [3.63, 3.8) is 0 Å². The molecule has 29 heavy (non-hydrogen) atoms. The predicted octanol–water partition coefficient (Wildman–Crippen LogP) is 4.90. The number of carbonyl (C=O) groups is 2. The number of benzene rings is 2. The molecule has 0 aromatic heterocycles. The summed E-state index contributed by atoms with van der Waals surface area (Å²) in [5, 5.41) is 0. The van der Waals surface area contributed by atoms with Crippen LogP contribution in [0.25, 0.3) is 0 Å². The fraction of sp³-hybridized carbons (Fsp3) is 0.360. The zero-order chi connectivity index (χ0) is 20.9. The van der Waals surface area contributed by atoms with E-state index >= 15 is 0 Å². The van der Waals surface area contributed by atoms with E-state index in [0.717, 1.165) is 11.3 Å². The van der Waals surface area contributed by atoms with Crippen molar-refractivity contribution < 1.29 is 14.3 Å². The molecule has 0 unspecified atom stereocenters. The molecule has 1 aliphatic heterocycles. The Labute approximate surface area is 173 Å². The monoisotopic (exact) mass is 391 g/mol. The third-order valence-corrected chi connectivity index (χ3v) is 5.30. The van der Waals surface area contributed by atoms with E-state index in [9.17, 15) is 9.59 Å². The summed E-state index contributed by atoms with van der Waals surface area (Å²) in [5.74, 6) is 0.188. The first-order valence-electron chi connectivity index (χ1n) is 10.1. The lowest BCUT2D eigenvalue weighted by molar-refractivity contribution is -0.133. The summed E-state index contributed by atoms with van der Waals surface area (Å²) >= 11 is 0. The van der Waals surface area contributed by atoms with E-state index in [1.54, 1.807) is 11.1 Å². The molecule has 152 valence electrons. The van der Waals surface area contributed by atoms with Gasteiger partial charge in [0.05, 0.1) is 18.6 Å². The molecule has 0 aliphatic carbocycles. The van der Waals surface area contributed by atoms with Gasteiger partial charge < -0.3 is 4.74 Å². The summed E-state index contributed by atoms with van der Waals surface area (Å²) in [6, 6.07) is 19.4. The molecule has 1 aliphatic rings. The van der Waals surface area contributed by atoms with E-state index in [2.05, 4.69) is 0 Å². The maximum Gasteiger partial charge on any atom is 0.236 e. The molecule has 2 aromatic rings. The molecule has 0 N–H and O–H groups in total. The molecule has 3 rings (SSSR count). The van der Waals surface area contributed by atoms with Crippen LogP contribution >= 0.6 is 0 Å². The van der Waals surface area contributed by atoms with Crippen LogP contribution in [-0.4, -0.2) is 24.9 Å². The average molecular weight is 392 g/mol. The van der Waals surface area contributed by atoms with Gasteiger partial charge in [0.15, 0.2) is 0 Å². The normalized spacial score (nSPS) is 20.0. The number of allylic oxidation sites excluding steroid dienone is 1. The number of nitrogens with zero attached hydrogens (tertiary/aromatic N) is 1. The summed E-state index contributed by atoms with van der Waals surface area (Å²) in [4.78, 5) is 27.7. The average Bonchev–Trinajstić information content (AvgIpc) is 2.73. The molecular weight excluding hydrogens is 362 g/mol. The van der Waals surface area contributed by atoms with E-state index in [4.69, 9.17) is 4.74 Å². The largest absolute Gasteiger partial charge is 0.380 e. The van der Waals surface area contributed by atoms with Gasteiger partial charge in [-0.25, -0.2) is 0 Å². The summed E-state index contributed by atoms with van der Waals surface area (Å²) in [6.45, 7) is 6.55. The first kappa shape index (κ1) is 21.0. The van der Waals surface area contributed by atoms with Crippen LogP contribution in [0.3, 0.4) is 0 Å². The number of ether oxygens (including phenoxy) is 1. The zero-order valence-electron chi connectivity index (χ0n) is 17.4. The third-order valence-electron chi connectivity index (χ3n) is 5.30. The lowest BCUT2D eigenvalue weighted by Gasteiger charge is -2.35. The highest BCUT2D eigenvalue weighted by Crippen LogP contribution is 2.34. The van der Waals surface area contributed by atoms with Crippen LogP contribution in [0.1, 0.15) is 39.2 Å². The van der Waals surface area contributed by atoms with Gasteiger partial charge in [-0.15, -0.1) is 0 Å². The van der Waals surface area contributed by atoms with Crippen molar-refractivity contribution in [2.45, 2.75) is 39.0 Å². The van der Waals surface area contributed by atoms with E-state index < -0.39 is 10.8 Å². The second-order valence-electron chi connectivity index (χ2n) is 8.52. The number of rotatable bonds is 5. The fourth-order valence-corrected chi connectivity index (χ4v) is 3.60. The van der Waals surface area contributed by atoms with Crippen LogP contribution in [0.15, 0.2) is 72.9 Å². The van der Waals surface area contributed by atoms with Crippen LogP contribution < -0.4 is 4.90 Å². The smallest absolute Gasteiger partial charge is 0.236 e. The molecule has 1 saturated heterocycles. The number of para-hydroxylation sites is 1. The molecule has 0 saturated carbocycles. The second kappa shape index (κ2) is 8.75. The van der Waals surface area contributed by atoms with E-state index in [-0.39, 0.29) is 11.7 Å². The molecule has 2 aromatic carbocycles. The van der Waals surface area contributed by atoms with Crippen LogP contribution in [-0.2, 0) is 19.7 Å². The molecule has 4 heteroatoms. The van der Waals surface area contributed by atoms with Gasteiger partial charge in [-0.05, 0) is 24.1 Å². The van der Waals surface area contributed by atoms with Crippen LogP contribution in [0.5, 0.6) is 0 Å². The molecule has 1 fully saturated rings. The first-order valence-corrected chi connectivity index (χ1v) is 10.1. The second-order valence-corrected chi connectivity index (χ2v) is 8.52. The number of carbonyl (C=O) groups excluding carboxylic acids is 2. The van der Waals surface area contributed by atoms with E-state index in [0.29, 0.717) is 26.1 Å². The molecule has 1 heterocycles. The Balaban J connectivity index is 1.92. The quantitative estimate of drug-likeness (QED) is 0.728. The first-order chi connectivity index (χ1) is 13.8. The summed E-state index contributed by atoms with van der Waals surface area (Å²) in [6.07, 6.45) is 4.62. The van der Waals surface area contributed by atoms with Gasteiger partial charge in [-0.1, -0.05) is 75.4 Å². The van der Waals surface area contributed by atoms with Crippen molar-refractivity contribution in [2.24, 2.45) is 5.41 Å². The molecular formula is C25H29NO3. The Bertz CT molecular complexity index is 868. The number of amides is 1. The maximum absolute atomic E-state index is 13.0. The SMILES string of the molecule is CC(C)(C)C(=O)N(/C=C/C[C@]1(c2ccccc2)COCCC1=O)c1ccccc1. The fourth-order valence-electron chi connectivity index (χ4n) is 3.60. The minimum Gasteiger partial charge on any atom is -0.380 e. The predicted molar refractivity (Wildman–Crippen MR) is 116 cm³/mol. The summed E-state index contributed by atoms with van der Waals surface area (Å²) < 4.78 is 5.72. The number of ketones is 1. The lowest BCUT2D eigenvalue weighted by Crippen LogP contribution is -2.44. The minimum atomic E-state index is -0.705. The van der Waals surface area contributed by atoms with E-state index in [1.165, 1.54) is 0 Å². The molecule has 0 bridgehead atoms. The summed E-state index contributed by atoms with van der Waals surface area (Å²) in [7, 11) is 0.